The molecule has 2 aromatic carbocycles. The highest BCUT2D eigenvalue weighted by atomic mass is 16.3. The number of carbonyl (C=O) groups excluding carboxylic acids is 2. The van der Waals surface area contributed by atoms with Gasteiger partial charge in [-0.05, 0) is 61.4 Å². The standard InChI is InChI=1S/C17H18N2O3/c1-11-4-5-13(10-12(11)2)18-16(21)17(22)19(3)14-6-8-15(20)9-7-14/h4-10,20H,1-3H3,(H,18,21). The maximum absolute atomic E-state index is 12.1. The molecule has 2 rings (SSSR count). The normalized spacial score (nSPS) is 10.1. The molecule has 0 saturated heterocycles. The number of hydrogen-bond acceptors (Lipinski definition) is 3. The fraction of sp³-hybridized carbons (Fsp3) is 0.176. The summed E-state index contributed by atoms with van der Waals surface area (Å²) in [6.45, 7) is 3.92. The maximum atomic E-state index is 12.1. The Morgan fingerprint density at radius 3 is 2.23 bits per heavy atom. The molecule has 0 atom stereocenters. The lowest BCUT2D eigenvalue weighted by Gasteiger charge is -2.17. The van der Waals surface area contributed by atoms with Gasteiger partial charge in [-0.1, -0.05) is 6.07 Å². The van der Waals surface area contributed by atoms with Gasteiger partial charge in [0, 0.05) is 18.4 Å². The summed E-state index contributed by atoms with van der Waals surface area (Å²) in [6, 6.07) is 11.5. The van der Waals surface area contributed by atoms with Crippen LogP contribution in [0, 0.1) is 13.8 Å². The van der Waals surface area contributed by atoms with Crippen molar-refractivity contribution in [2.24, 2.45) is 0 Å². The summed E-state index contributed by atoms with van der Waals surface area (Å²) in [4.78, 5) is 25.4. The Bertz CT molecular complexity index is 708. The van der Waals surface area contributed by atoms with Gasteiger partial charge in [0.15, 0.2) is 0 Å². The van der Waals surface area contributed by atoms with Crippen molar-refractivity contribution < 1.29 is 14.7 Å². The molecule has 5 heteroatoms. The third-order valence-corrected chi connectivity index (χ3v) is 3.50. The smallest absolute Gasteiger partial charge is 0.316 e. The molecule has 0 saturated carbocycles. The minimum atomic E-state index is -0.709. The Kier molecular flexibility index (Phi) is 4.46. The van der Waals surface area contributed by atoms with Gasteiger partial charge in [0.25, 0.3) is 0 Å². The van der Waals surface area contributed by atoms with Crippen LogP contribution in [0.25, 0.3) is 0 Å². The van der Waals surface area contributed by atoms with Crippen molar-refractivity contribution in [3.05, 3.63) is 53.6 Å². The zero-order chi connectivity index (χ0) is 16.3. The number of likely N-dealkylation sites (N-methyl/N-ethyl adjacent to an activating group) is 1. The third-order valence-electron chi connectivity index (χ3n) is 3.50. The van der Waals surface area contributed by atoms with E-state index in [0.29, 0.717) is 11.4 Å². The second-order valence-corrected chi connectivity index (χ2v) is 5.13. The van der Waals surface area contributed by atoms with Gasteiger partial charge in [-0.2, -0.15) is 0 Å². The van der Waals surface area contributed by atoms with E-state index in [9.17, 15) is 14.7 Å². The van der Waals surface area contributed by atoms with Crippen LogP contribution in [0.1, 0.15) is 11.1 Å². The van der Waals surface area contributed by atoms with Crippen LogP contribution in [-0.2, 0) is 9.59 Å². The summed E-state index contributed by atoms with van der Waals surface area (Å²) in [5.41, 5.74) is 3.27. The first-order valence-corrected chi connectivity index (χ1v) is 6.84. The number of phenols is 1. The van der Waals surface area contributed by atoms with E-state index >= 15 is 0 Å². The van der Waals surface area contributed by atoms with Gasteiger partial charge in [0.05, 0.1) is 0 Å². The largest absolute Gasteiger partial charge is 0.508 e. The molecule has 2 aromatic rings. The van der Waals surface area contributed by atoms with Gasteiger partial charge in [0.1, 0.15) is 5.75 Å². The van der Waals surface area contributed by atoms with Crippen LogP contribution in [0.5, 0.6) is 5.75 Å². The number of amides is 2. The Balaban J connectivity index is 2.09. The van der Waals surface area contributed by atoms with E-state index in [1.54, 1.807) is 18.2 Å². The molecule has 0 radical (unpaired) electrons. The second kappa shape index (κ2) is 6.30. The Morgan fingerprint density at radius 1 is 1.00 bits per heavy atom. The Labute approximate surface area is 129 Å². The fourth-order valence-electron chi connectivity index (χ4n) is 1.95. The molecule has 0 unspecified atom stereocenters. The first-order valence-electron chi connectivity index (χ1n) is 6.84. The van der Waals surface area contributed by atoms with E-state index in [4.69, 9.17) is 0 Å². The number of anilines is 2. The van der Waals surface area contributed by atoms with Crippen molar-refractivity contribution in [3.63, 3.8) is 0 Å². The van der Waals surface area contributed by atoms with Crippen LogP contribution < -0.4 is 10.2 Å². The predicted molar refractivity (Wildman–Crippen MR) is 86.1 cm³/mol. The number of rotatable bonds is 2. The van der Waals surface area contributed by atoms with Crippen LogP contribution in [0.2, 0.25) is 0 Å². The first-order chi connectivity index (χ1) is 10.4. The van der Waals surface area contributed by atoms with Crippen molar-refractivity contribution in [1.29, 1.82) is 0 Å². The molecule has 5 nitrogen and oxygen atoms in total. The van der Waals surface area contributed by atoms with Crippen LogP contribution >= 0.6 is 0 Å². The van der Waals surface area contributed by atoms with Gasteiger partial charge in [-0.15, -0.1) is 0 Å². The summed E-state index contributed by atoms with van der Waals surface area (Å²) in [5, 5.41) is 11.8. The molecule has 114 valence electrons. The minimum absolute atomic E-state index is 0.101. The van der Waals surface area contributed by atoms with E-state index < -0.39 is 11.8 Å². The molecular weight excluding hydrogens is 280 g/mol. The summed E-state index contributed by atoms with van der Waals surface area (Å²) >= 11 is 0. The fourth-order valence-corrected chi connectivity index (χ4v) is 1.95. The molecule has 0 bridgehead atoms. The van der Waals surface area contributed by atoms with E-state index in [1.807, 2.05) is 26.0 Å². The summed E-state index contributed by atoms with van der Waals surface area (Å²) in [5.74, 6) is -1.29. The van der Waals surface area contributed by atoms with Crippen molar-refractivity contribution >= 4 is 23.2 Å². The molecule has 0 fully saturated rings. The number of nitrogens with one attached hydrogen (secondary N) is 1. The predicted octanol–water partition coefficient (Wildman–Crippen LogP) is 2.61. The van der Waals surface area contributed by atoms with Crippen molar-refractivity contribution in [1.82, 2.24) is 0 Å². The highest BCUT2D eigenvalue weighted by molar-refractivity contribution is 6.44. The molecule has 2 amide bonds. The zero-order valence-corrected chi connectivity index (χ0v) is 12.8. The van der Waals surface area contributed by atoms with Gasteiger partial charge in [0.2, 0.25) is 0 Å². The van der Waals surface area contributed by atoms with E-state index in [0.717, 1.165) is 11.1 Å². The second-order valence-electron chi connectivity index (χ2n) is 5.13. The Morgan fingerprint density at radius 2 is 1.64 bits per heavy atom. The van der Waals surface area contributed by atoms with E-state index in [-0.39, 0.29) is 5.75 Å². The van der Waals surface area contributed by atoms with E-state index in [1.165, 1.54) is 24.1 Å². The van der Waals surface area contributed by atoms with Crippen LogP contribution in [0.3, 0.4) is 0 Å². The third kappa shape index (κ3) is 3.44. The van der Waals surface area contributed by atoms with Crippen LogP contribution in [-0.4, -0.2) is 24.0 Å². The number of nitrogens with zero attached hydrogens (tertiary/aromatic N) is 1. The number of aromatic hydroxyl groups is 1. The average molecular weight is 298 g/mol. The zero-order valence-electron chi connectivity index (χ0n) is 12.8. The molecule has 22 heavy (non-hydrogen) atoms. The Hall–Kier alpha value is -2.82. The van der Waals surface area contributed by atoms with Crippen molar-refractivity contribution in [2.75, 3.05) is 17.3 Å². The molecule has 2 N–H and O–H groups in total. The molecule has 0 aliphatic rings. The number of aryl methyl sites for hydroxylation is 2. The van der Waals surface area contributed by atoms with Gasteiger partial charge in [-0.25, -0.2) is 0 Å². The number of phenolic OH excluding ortho intramolecular Hbond substituents is 1. The van der Waals surface area contributed by atoms with Crippen molar-refractivity contribution in [2.45, 2.75) is 13.8 Å². The van der Waals surface area contributed by atoms with Gasteiger partial charge >= 0.3 is 11.8 Å². The maximum Gasteiger partial charge on any atom is 0.316 e. The van der Waals surface area contributed by atoms with Crippen LogP contribution in [0.4, 0.5) is 11.4 Å². The molecule has 0 heterocycles. The topological polar surface area (TPSA) is 69.6 Å². The van der Waals surface area contributed by atoms with Gasteiger partial charge < -0.3 is 15.3 Å². The molecule has 0 aromatic heterocycles. The molecular formula is C17H18N2O3. The first kappa shape index (κ1) is 15.6. The lowest BCUT2D eigenvalue weighted by Crippen LogP contribution is -2.37. The van der Waals surface area contributed by atoms with Gasteiger partial charge in [-0.3, -0.25) is 9.59 Å². The number of benzene rings is 2. The highest BCUT2D eigenvalue weighted by Gasteiger charge is 2.20. The molecule has 0 aliphatic carbocycles. The summed E-state index contributed by atoms with van der Waals surface area (Å²) < 4.78 is 0. The minimum Gasteiger partial charge on any atom is -0.508 e. The van der Waals surface area contributed by atoms with Crippen molar-refractivity contribution in [3.8, 4) is 5.75 Å². The quantitative estimate of drug-likeness (QED) is 0.837. The lowest BCUT2D eigenvalue weighted by atomic mass is 10.1. The SMILES string of the molecule is Cc1ccc(NC(=O)C(=O)N(C)c2ccc(O)cc2)cc1C. The molecule has 0 spiro atoms. The van der Waals surface area contributed by atoms with Crippen LogP contribution in [0.15, 0.2) is 42.5 Å². The molecule has 0 aliphatic heterocycles. The highest BCUT2D eigenvalue weighted by Crippen LogP contribution is 2.18. The van der Waals surface area contributed by atoms with E-state index in [2.05, 4.69) is 5.32 Å². The number of carbonyl (C=O) groups is 2. The monoisotopic (exact) mass is 298 g/mol. The summed E-state index contributed by atoms with van der Waals surface area (Å²) in [6.07, 6.45) is 0. The average Bonchev–Trinajstić information content (AvgIpc) is 2.50. The summed E-state index contributed by atoms with van der Waals surface area (Å²) in [7, 11) is 1.51. The number of hydrogen-bond donors (Lipinski definition) is 2. The lowest BCUT2D eigenvalue weighted by molar-refractivity contribution is -0.134.